The lowest BCUT2D eigenvalue weighted by atomic mass is 9.92. The SMILES string of the molecule is CCC(CC)CN1C[C@H](O)[C@@H](O)[C@H](O)[C@H]1CO. The molecular weight excluding hydrogens is 222 g/mol. The molecule has 0 aromatic heterocycles. The number of hydrogen-bond donors (Lipinski definition) is 4. The Morgan fingerprint density at radius 2 is 1.71 bits per heavy atom. The Morgan fingerprint density at radius 3 is 2.18 bits per heavy atom. The van der Waals surface area contributed by atoms with Crippen molar-refractivity contribution in [3.63, 3.8) is 0 Å². The maximum atomic E-state index is 9.82. The van der Waals surface area contributed by atoms with E-state index in [1.165, 1.54) is 0 Å². The average Bonchev–Trinajstić information content (AvgIpc) is 2.33. The van der Waals surface area contributed by atoms with E-state index < -0.39 is 24.4 Å². The van der Waals surface area contributed by atoms with Gasteiger partial charge in [-0.3, -0.25) is 4.90 Å². The topological polar surface area (TPSA) is 84.2 Å². The fourth-order valence-corrected chi connectivity index (χ4v) is 2.47. The van der Waals surface area contributed by atoms with Crippen LogP contribution in [0.25, 0.3) is 0 Å². The Hall–Kier alpha value is -0.200. The first-order valence-electron chi connectivity index (χ1n) is 6.44. The second kappa shape index (κ2) is 6.66. The van der Waals surface area contributed by atoms with E-state index in [-0.39, 0.29) is 6.61 Å². The highest BCUT2D eigenvalue weighted by Gasteiger charge is 2.41. The highest BCUT2D eigenvalue weighted by Crippen LogP contribution is 2.21. The molecule has 0 aromatic carbocycles. The van der Waals surface area contributed by atoms with Gasteiger partial charge in [-0.1, -0.05) is 26.7 Å². The molecule has 1 saturated heterocycles. The summed E-state index contributed by atoms with van der Waals surface area (Å²) in [5.41, 5.74) is 0. The third kappa shape index (κ3) is 3.39. The van der Waals surface area contributed by atoms with Crippen molar-refractivity contribution in [3.05, 3.63) is 0 Å². The number of nitrogens with zero attached hydrogens (tertiary/aromatic N) is 1. The Bertz CT molecular complexity index is 223. The van der Waals surface area contributed by atoms with Crippen molar-refractivity contribution in [2.75, 3.05) is 19.7 Å². The molecule has 0 amide bonds. The van der Waals surface area contributed by atoms with E-state index >= 15 is 0 Å². The lowest BCUT2D eigenvalue weighted by Crippen LogP contribution is -2.63. The van der Waals surface area contributed by atoms with Gasteiger partial charge < -0.3 is 20.4 Å². The summed E-state index contributed by atoms with van der Waals surface area (Å²) in [7, 11) is 0. The van der Waals surface area contributed by atoms with Gasteiger partial charge in [0.15, 0.2) is 0 Å². The minimum absolute atomic E-state index is 0.203. The van der Waals surface area contributed by atoms with Crippen molar-refractivity contribution < 1.29 is 20.4 Å². The molecule has 1 rings (SSSR count). The summed E-state index contributed by atoms with van der Waals surface area (Å²) in [5.74, 6) is 0.485. The lowest BCUT2D eigenvalue weighted by molar-refractivity contribution is -0.147. The van der Waals surface area contributed by atoms with E-state index in [1.54, 1.807) is 0 Å². The molecule has 1 aliphatic rings. The normalized spacial score (nSPS) is 35.5. The van der Waals surface area contributed by atoms with Gasteiger partial charge in [0, 0.05) is 13.1 Å². The quantitative estimate of drug-likeness (QED) is 0.510. The average molecular weight is 247 g/mol. The number of aliphatic hydroxyl groups excluding tert-OH is 4. The van der Waals surface area contributed by atoms with Crippen LogP contribution in [0, 0.1) is 5.92 Å². The van der Waals surface area contributed by atoms with Crippen LogP contribution >= 0.6 is 0 Å². The van der Waals surface area contributed by atoms with Gasteiger partial charge in [-0.05, 0) is 5.92 Å². The maximum absolute atomic E-state index is 9.82. The largest absolute Gasteiger partial charge is 0.395 e. The summed E-state index contributed by atoms with van der Waals surface area (Å²) in [6.45, 7) is 5.05. The zero-order valence-electron chi connectivity index (χ0n) is 10.7. The molecule has 102 valence electrons. The zero-order chi connectivity index (χ0) is 13.0. The number of aliphatic hydroxyl groups is 4. The van der Waals surface area contributed by atoms with Gasteiger partial charge in [-0.15, -0.1) is 0 Å². The van der Waals surface area contributed by atoms with Crippen LogP contribution in [0.5, 0.6) is 0 Å². The number of likely N-dealkylation sites (tertiary alicyclic amines) is 1. The van der Waals surface area contributed by atoms with Gasteiger partial charge in [0.2, 0.25) is 0 Å². The number of rotatable bonds is 5. The van der Waals surface area contributed by atoms with E-state index in [4.69, 9.17) is 0 Å². The molecule has 0 radical (unpaired) electrons. The third-order valence-electron chi connectivity index (χ3n) is 3.86. The first-order valence-corrected chi connectivity index (χ1v) is 6.44. The molecule has 0 bridgehead atoms. The highest BCUT2D eigenvalue weighted by molar-refractivity contribution is 4.94. The third-order valence-corrected chi connectivity index (χ3v) is 3.86. The van der Waals surface area contributed by atoms with Gasteiger partial charge in [0.25, 0.3) is 0 Å². The number of hydrogen-bond acceptors (Lipinski definition) is 5. The molecule has 17 heavy (non-hydrogen) atoms. The Balaban J connectivity index is 2.68. The summed E-state index contributed by atoms with van der Waals surface area (Å²) in [5, 5.41) is 38.4. The van der Waals surface area contributed by atoms with Gasteiger partial charge >= 0.3 is 0 Å². The van der Waals surface area contributed by atoms with Crippen LogP contribution in [0.2, 0.25) is 0 Å². The molecule has 4 N–H and O–H groups in total. The van der Waals surface area contributed by atoms with Crippen LogP contribution in [-0.4, -0.2) is 69.4 Å². The van der Waals surface area contributed by atoms with E-state index in [1.807, 2.05) is 4.90 Å². The molecule has 0 aromatic rings. The first-order chi connectivity index (χ1) is 8.04. The van der Waals surface area contributed by atoms with Crippen LogP contribution in [0.1, 0.15) is 26.7 Å². The molecule has 0 saturated carbocycles. The highest BCUT2D eigenvalue weighted by atomic mass is 16.4. The van der Waals surface area contributed by atoms with Crippen molar-refractivity contribution >= 4 is 0 Å². The van der Waals surface area contributed by atoms with Crippen LogP contribution in [0.15, 0.2) is 0 Å². The Kier molecular flexibility index (Phi) is 5.82. The monoisotopic (exact) mass is 247 g/mol. The molecule has 0 aliphatic carbocycles. The zero-order valence-corrected chi connectivity index (χ0v) is 10.7. The minimum Gasteiger partial charge on any atom is -0.395 e. The summed E-state index contributed by atoms with van der Waals surface area (Å²) in [6, 6.07) is -0.478. The van der Waals surface area contributed by atoms with Crippen molar-refractivity contribution in [2.24, 2.45) is 5.92 Å². The summed E-state index contributed by atoms with van der Waals surface area (Å²) in [6.07, 6.45) is -1.13. The second-order valence-electron chi connectivity index (χ2n) is 4.93. The predicted octanol–water partition coefficient (Wildman–Crippen LogP) is -0.818. The number of piperidine rings is 1. The van der Waals surface area contributed by atoms with Gasteiger partial charge in [-0.2, -0.15) is 0 Å². The van der Waals surface area contributed by atoms with Crippen molar-refractivity contribution in [3.8, 4) is 0 Å². The number of β-amino-alcohol motifs (C(OH)–C–C–N with tert-alkyl or cyclic N) is 1. The maximum Gasteiger partial charge on any atom is 0.109 e. The fraction of sp³-hybridized carbons (Fsp3) is 1.00. The molecule has 1 aliphatic heterocycles. The lowest BCUT2D eigenvalue weighted by Gasteiger charge is -2.44. The smallest absolute Gasteiger partial charge is 0.109 e. The van der Waals surface area contributed by atoms with E-state index in [0.29, 0.717) is 12.5 Å². The van der Waals surface area contributed by atoms with Crippen LogP contribution in [-0.2, 0) is 0 Å². The van der Waals surface area contributed by atoms with Crippen molar-refractivity contribution in [1.29, 1.82) is 0 Å². The van der Waals surface area contributed by atoms with E-state index in [9.17, 15) is 20.4 Å². The summed E-state index contributed by atoms with van der Waals surface area (Å²) in [4.78, 5) is 1.89. The standard InChI is InChI=1S/C12H25NO4/c1-3-8(4-2)5-13-6-10(15)12(17)11(16)9(13)7-14/h8-12,14-17H,3-7H2,1-2H3/t9-,10+,11-,12-/m1/s1. The molecule has 5 heteroatoms. The molecule has 5 nitrogen and oxygen atoms in total. The predicted molar refractivity (Wildman–Crippen MR) is 64.5 cm³/mol. The van der Waals surface area contributed by atoms with E-state index in [0.717, 1.165) is 19.4 Å². The van der Waals surface area contributed by atoms with Crippen LogP contribution in [0.4, 0.5) is 0 Å². The molecule has 0 spiro atoms. The summed E-state index contributed by atoms with van der Waals surface area (Å²) >= 11 is 0. The van der Waals surface area contributed by atoms with Crippen molar-refractivity contribution in [2.45, 2.75) is 51.0 Å². The van der Waals surface area contributed by atoms with Crippen LogP contribution in [0.3, 0.4) is 0 Å². The fourth-order valence-electron chi connectivity index (χ4n) is 2.47. The first kappa shape index (κ1) is 14.9. The van der Waals surface area contributed by atoms with Gasteiger partial charge in [0.1, 0.15) is 12.2 Å². The second-order valence-corrected chi connectivity index (χ2v) is 4.93. The molecular formula is C12H25NO4. The molecule has 1 heterocycles. The van der Waals surface area contributed by atoms with Gasteiger partial charge in [0.05, 0.1) is 18.8 Å². The molecule has 1 fully saturated rings. The van der Waals surface area contributed by atoms with Crippen molar-refractivity contribution in [1.82, 2.24) is 4.90 Å². The summed E-state index contributed by atoms with van der Waals surface area (Å²) < 4.78 is 0. The van der Waals surface area contributed by atoms with Gasteiger partial charge in [-0.25, -0.2) is 0 Å². The Morgan fingerprint density at radius 1 is 1.12 bits per heavy atom. The molecule has 0 unspecified atom stereocenters. The van der Waals surface area contributed by atoms with E-state index in [2.05, 4.69) is 13.8 Å². The van der Waals surface area contributed by atoms with Crippen LogP contribution < -0.4 is 0 Å². The minimum atomic E-state index is -1.16. The Labute approximate surface area is 103 Å². The molecule has 4 atom stereocenters.